The van der Waals surface area contributed by atoms with Crippen molar-refractivity contribution in [1.29, 1.82) is 0 Å². The third-order valence-electron chi connectivity index (χ3n) is 19.3. The summed E-state index contributed by atoms with van der Waals surface area (Å²) in [6, 6.07) is 61.5. The zero-order valence-corrected chi connectivity index (χ0v) is 59.0. The average molecular weight is 1160 g/mol. The standard InChI is InChI=1S/C71H121NP2Si4/c1-13-25-55-77(56-26-14-2,57-27-15-3)70-39-33-37-66(61-70)74(67-38-34-40-71(62-67)78(58-28-16-4,59-29-17-5)60-30-18-6)72(63-35-31-32-36-63)73(64-41-45-68(46-42-64)75(49-19-7,50-20-8)51-21-9)65-43-47-69(48-44-65)76(52-22-10,53-23-11)54-24-12/h33-34,37-48,61-63H,13-32,35-36,49-60H2,1-12H3. The number of nitrogens with zero attached hydrogens (tertiary/aromatic N) is 1. The minimum Gasteiger partial charge on any atom is -0.242 e. The molecule has 0 bridgehead atoms. The minimum atomic E-state index is -1.80. The Bertz CT molecular complexity index is 2000. The summed E-state index contributed by atoms with van der Waals surface area (Å²) in [4.78, 5) is 0. The van der Waals surface area contributed by atoms with Crippen molar-refractivity contribution in [3.63, 3.8) is 0 Å². The van der Waals surface area contributed by atoms with Crippen LogP contribution in [0.1, 0.15) is 224 Å². The molecule has 0 radical (unpaired) electrons. The monoisotopic (exact) mass is 1160 g/mol. The van der Waals surface area contributed by atoms with Crippen LogP contribution in [-0.2, 0) is 0 Å². The summed E-state index contributed by atoms with van der Waals surface area (Å²) in [7, 11) is -8.63. The van der Waals surface area contributed by atoms with Crippen LogP contribution in [0.2, 0.25) is 72.5 Å². The highest BCUT2D eigenvalue weighted by Crippen LogP contribution is 2.58. The molecule has 0 spiro atoms. The predicted octanol–water partition coefficient (Wildman–Crippen LogP) is 20.2. The van der Waals surface area contributed by atoms with Crippen LogP contribution in [0.5, 0.6) is 0 Å². The van der Waals surface area contributed by atoms with E-state index in [1.54, 1.807) is 42.0 Å². The molecule has 1 aliphatic carbocycles. The van der Waals surface area contributed by atoms with E-state index < -0.39 is 48.4 Å². The van der Waals surface area contributed by atoms with Crippen LogP contribution in [0.25, 0.3) is 0 Å². The van der Waals surface area contributed by atoms with E-state index in [1.807, 2.05) is 0 Å². The lowest BCUT2D eigenvalue weighted by atomic mass is 10.3. The van der Waals surface area contributed by atoms with E-state index in [2.05, 4.69) is 185 Å². The van der Waals surface area contributed by atoms with Crippen LogP contribution in [0.15, 0.2) is 97.1 Å². The quantitative estimate of drug-likeness (QED) is 0.0316. The normalized spacial score (nSPS) is 14.0. The van der Waals surface area contributed by atoms with Gasteiger partial charge < -0.3 is 0 Å². The number of hydrogen-bond acceptors (Lipinski definition) is 1. The van der Waals surface area contributed by atoms with Gasteiger partial charge in [0.05, 0.1) is 32.3 Å². The van der Waals surface area contributed by atoms with Crippen LogP contribution >= 0.6 is 16.1 Å². The molecule has 1 fully saturated rings. The van der Waals surface area contributed by atoms with Gasteiger partial charge in [0.15, 0.2) is 0 Å². The zero-order chi connectivity index (χ0) is 56.3. The Morgan fingerprint density at radius 2 is 0.577 bits per heavy atom. The molecule has 1 aliphatic rings. The Balaban J connectivity index is 1.95. The Kier molecular flexibility index (Phi) is 30.8. The molecule has 1 saturated carbocycles. The maximum Gasteiger partial charge on any atom is 0.0867 e. The van der Waals surface area contributed by atoms with Gasteiger partial charge in [-0.2, -0.15) is 0 Å². The van der Waals surface area contributed by atoms with Gasteiger partial charge >= 0.3 is 0 Å². The summed E-state index contributed by atoms with van der Waals surface area (Å²) < 4.78 is 3.35. The van der Waals surface area contributed by atoms with Gasteiger partial charge in [-0.1, -0.05) is 402 Å². The molecule has 7 heteroatoms. The Morgan fingerprint density at radius 3 is 0.846 bits per heavy atom. The van der Waals surface area contributed by atoms with Gasteiger partial charge in [-0.05, 0) is 34.1 Å². The lowest BCUT2D eigenvalue weighted by Gasteiger charge is -2.44. The minimum absolute atomic E-state index is 0.556. The van der Waals surface area contributed by atoms with Crippen molar-refractivity contribution in [1.82, 2.24) is 4.44 Å². The summed E-state index contributed by atoms with van der Waals surface area (Å²) in [5.41, 5.74) is 0. The summed E-state index contributed by atoms with van der Waals surface area (Å²) in [6.45, 7) is 29.5. The van der Waals surface area contributed by atoms with Gasteiger partial charge in [0.2, 0.25) is 0 Å². The summed E-state index contributed by atoms with van der Waals surface area (Å²) in [5, 5.41) is 13.6. The summed E-state index contributed by atoms with van der Waals surface area (Å²) >= 11 is 0. The molecule has 0 atom stereocenters. The molecule has 0 saturated heterocycles. The number of rotatable bonds is 41. The molecule has 0 aromatic heterocycles. The third-order valence-corrected chi connectivity index (χ3v) is 47.8. The third kappa shape index (κ3) is 17.6. The van der Waals surface area contributed by atoms with E-state index in [0.717, 1.165) is 0 Å². The van der Waals surface area contributed by atoms with Crippen LogP contribution in [-0.4, -0.2) is 42.8 Å². The highest BCUT2D eigenvalue weighted by atomic mass is 31.2. The fraction of sp³-hybridized carbons (Fsp3) is 0.662. The lowest BCUT2D eigenvalue weighted by Crippen LogP contribution is -2.50. The Hall–Kier alpha value is -1.43. The summed E-state index contributed by atoms with van der Waals surface area (Å²) in [5.74, 6) is 0. The van der Waals surface area contributed by atoms with Crippen molar-refractivity contribution in [2.45, 2.75) is 303 Å². The highest BCUT2D eigenvalue weighted by Gasteiger charge is 2.42. The van der Waals surface area contributed by atoms with E-state index in [9.17, 15) is 0 Å². The first-order chi connectivity index (χ1) is 38.1. The van der Waals surface area contributed by atoms with Crippen LogP contribution < -0.4 is 42.0 Å². The van der Waals surface area contributed by atoms with E-state index >= 15 is 0 Å². The first-order valence-electron chi connectivity index (χ1n) is 33.9. The van der Waals surface area contributed by atoms with Gasteiger partial charge in [-0.15, -0.1) is 0 Å². The number of hydrogen-bond donors (Lipinski definition) is 0. The van der Waals surface area contributed by atoms with Crippen molar-refractivity contribution < 1.29 is 0 Å². The zero-order valence-electron chi connectivity index (χ0n) is 53.2. The predicted molar refractivity (Wildman–Crippen MR) is 373 cm³/mol. The largest absolute Gasteiger partial charge is 0.242 e. The highest BCUT2D eigenvalue weighted by molar-refractivity contribution is 7.84. The molecule has 0 unspecified atom stereocenters. The van der Waals surface area contributed by atoms with Gasteiger partial charge in [-0.3, -0.25) is 0 Å². The molecule has 0 amide bonds. The first kappa shape index (κ1) is 67.4. The summed E-state index contributed by atoms with van der Waals surface area (Å²) in [6.07, 6.45) is 29.3. The number of benzene rings is 4. The van der Waals surface area contributed by atoms with E-state index in [0.29, 0.717) is 6.04 Å². The molecule has 0 N–H and O–H groups in total. The van der Waals surface area contributed by atoms with Gasteiger partial charge in [0.25, 0.3) is 0 Å². The maximum absolute atomic E-state index is 3.35. The molecule has 1 nitrogen and oxygen atoms in total. The van der Waals surface area contributed by atoms with Crippen molar-refractivity contribution in [2.24, 2.45) is 0 Å². The second-order valence-electron chi connectivity index (χ2n) is 25.3. The molecule has 0 aliphatic heterocycles. The SMILES string of the molecule is CCCC[Si](CCCC)(CCCC)c1cccc(P(c2cccc([Si](CCCC)(CCCC)CCCC)c2)N(C2CCCC2)P(c2ccc([Si](CCC)(CCC)CCC)cc2)c2ccc([Si](CCC)(CCC)CCC)cc2)c1. The van der Waals surface area contributed by atoms with E-state index in [-0.39, 0.29) is 0 Å². The average Bonchev–Trinajstić information content (AvgIpc) is 4.03. The van der Waals surface area contributed by atoms with Crippen molar-refractivity contribution in [3.8, 4) is 0 Å². The first-order valence-corrected chi connectivity index (χ1v) is 47.0. The lowest BCUT2D eigenvalue weighted by molar-refractivity contribution is 0.510. The van der Waals surface area contributed by atoms with Gasteiger partial charge in [0.1, 0.15) is 0 Å². The van der Waals surface area contributed by atoms with Crippen molar-refractivity contribution in [3.05, 3.63) is 97.1 Å². The maximum atomic E-state index is 3.35. The molecular weight excluding hydrogens is 1040 g/mol. The van der Waals surface area contributed by atoms with Gasteiger partial charge in [0, 0.05) is 22.2 Å². The fourth-order valence-electron chi connectivity index (χ4n) is 15.4. The second kappa shape index (κ2) is 35.6. The molecule has 4 aromatic rings. The molecule has 78 heavy (non-hydrogen) atoms. The second-order valence-corrected chi connectivity index (χ2v) is 48.4. The fourth-order valence-corrected chi connectivity index (χ4v) is 44.0. The van der Waals surface area contributed by atoms with Crippen molar-refractivity contribution >= 4 is 90.4 Å². The molecular formula is C71H121NP2Si4. The molecule has 4 aromatic carbocycles. The van der Waals surface area contributed by atoms with Gasteiger partial charge in [-0.25, -0.2) is 4.44 Å². The van der Waals surface area contributed by atoms with Crippen LogP contribution in [0, 0.1) is 0 Å². The van der Waals surface area contributed by atoms with Crippen LogP contribution in [0.4, 0.5) is 0 Å². The Morgan fingerprint density at radius 1 is 0.308 bits per heavy atom. The van der Waals surface area contributed by atoms with E-state index in [1.165, 1.54) is 214 Å². The smallest absolute Gasteiger partial charge is 0.0867 e. The number of unbranched alkanes of at least 4 members (excludes halogenated alkanes) is 6. The molecule has 0 heterocycles. The topological polar surface area (TPSA) is 3.24 Å². The molecule has 5 rings (SSSR count). The molecule has 436 valence electrons. The van der Waals surface area contributed by atoms with E-state index in [4.69, 9.17) is 0 Å². The van der Waals surface area contributed by atoms with Crippen molar-refractivity contribution in [2.75, 3.05) is 0 Å². The van der Waals surface area contributed by atoms with Crippen LogP contribution in [0.3, 0.4) is 0 Å². The Labute approximate surface area is 491 Å².